The molecule has 0 fully saturated rings. The average Bonchev–Trinajstić information content (AvgIpc) is 2.43. The number of likely N-dealkylation sites (N-methyl/N-ethyl adjacent to an activating group) is 1. The van der Waals surface area contributed by atoms with E-state index >= 15 is 0 Å². The molecule has 0 heterocycles. The minimum absolute atomic E-state index is 0.236. The van der Waals surface area contributed by atoms with E-state index in [-0.39, 0.29) is 4.90 Å². The highest BCUT2D eigenvalue weighted by atomic mass is 32.2. The molecule has 0 saturated heterocycles. The van der Waals surface area contributed by atoms with Crippen LogP contribution in [0.3, 0.4) is 0 Å². The minimum Gasteiger partial charge on any atom is -0.389 e. The smallest absolute Gasteiger partial charge is 0.243 e. The number of rotatable bonds is 8. The van der Waals surface area contributed by atoms with Crippen LogP contribution in [0.15, 0.2) is 29.2 Å². The third kappa shape index (κ3) is 4.28. The maximum absolute atomic E-state index is 12.4. The Morgan fingerprint density at radius 3 is 2.30 bits per heavy atom. The van der Waals surface area contributed by atoms with Gasteiger partial charge in [-0.05, 0) is 31.5 Å². The lowest BCUT2D eigenvalue weighted by molar-refractivity contribution is 0.135. The van der Waals surface area contributed by atoms with Gasteiger partial charge in [0.2, 0.25) is 10.0 Å². The number of ether oxygens (including phenoxy) is 1. The SMILES string of the molecule is CCOCCN(CC)S(=O)(=O)c1ccc(C(C)O)cc1. The number of hydrogen-bond acceptors (Lipinski definition) is 4. The van der Waals surface area contributed by atoms with E-state index in [0.717, 1.165) is 0 Å². The molecule has 0 saturated carbocycles. The van der Waals surface area contributed by atoms with Crippen molar-refractivity contribution in [1.82, 2.24) is 4.31 Å². The van der Waals surface area contributed by atoms with E-state index in [1.165, 1.54) is 16.4 Å². The van der Waals surface area contributed by atoms with Crippen molar-refractivity contribution < 1.29 is 18.3 Å². The first-order valence-electron chi connectivity index (χ1n) is 6.79. The molecule has 1 unspecified atom stereocenters. The fourth-order valence-electron chi connectivity index (χ4n) is 1.83. The van der Waals surface area contributed by atoms with Crippen LogP contribution in [-0.4, -0.2) is 44.1 Å². The van der Waals surface area contributed by atoms with Gasteiger partial charge in [0.15, 0.2) is 0 Å². The van der Waals surface area contributed by atoms with Gasteiger partial charge in [-0.1, -0.05) is 19.1 Å². The Morgan fingerprint density at radius 1 is 1.25 bits per heavy atom. The Labute approximate surface area is 121 Å². The van der Waals surface area contributed by atoms with Gasteiger partial charge in [0.25, 0.3) is 0 Å². The lowest BCUT2D eigenvalue weighted by Crippen LogP contribution is -2.33. The highest BCUT2D eigenvalue weighted by molar-refractivity contribution is 7.89. The van der Waals surface area contributed by atoms with Crippen LogP contribution in [0.2, 0.25) is 0 Å². The van der Waals surface area contributed by atoms with Crippen molar-refractivity contribution in [1.29, 1.82) is 0 Å². The van der Waals surface area contributed by atoms with Crippen molar-refractivity contribution in [2.75, 3.05) is 26.3 Å². The van der Waals surface area contributed by atoms with Gasteiger partial charge >= 0.3 is 0 Å². The second-order valence-corrected chi connectivity index (χ2v) is 6.38. The Morgan fingerprint density at radius 2 is 1.85 bits per heavy atom. The summed E-state index contributed by atoms with van der Waals surface area (Å²) in [6.45, 7) is 7.01. The summed E-state index contributed by atoms with van der Waals surface area (Å²) < 4.78 is 31.5. The molecule has 0 spiro atoms. The third-order valence-electron chi connectivity index (χ3n) is 3.04. The molecule has 0 aliphatic carbocycles. The predicted molar refractivity (Wildman–Crippen MR) is 78.0 cm³/mol. The van der Waals surface area contributed by atoms with Crippen LogP contribution in [0.25, 0.3) is 0 Å². The summed E-state index contributed by atoms with van der Waals surface area (Å²) in [5, 5.41) is 9.44. The predicted octanol–water partition coefficient (Wildman–Crippen LogP) is 1.79. The second kappa shape index (κ2) is 7.73. The number of aliphatic hydroxyl groups excluding tert-OH is 1. The van der Waals surface area contributed by atoms with Crippen molar-refractivity contribution in [3.8, 4) is 0 Å². The van der Waals surface area contributed by atoms with E-state index in [2.05, 4.69) is 0 Å². The summed E-state index contributed by atoms with van der Waals surface area (Å²) in [4.78, 5) is 0.236. The average molecular weight is 301 g/mol. The fraction of sp³-hybridized carbons (Fsp3) is 0.571. The molecule has 1 N–H and O–H groups in total. The first kappa shape index (κ1) is 17.1. The molecule has 114 valence electrons. The molecule has 0 aliphatic rings. The fourth-order valence-corrected chi connectivity index (χ4v) is 3.26. The highest BCUT2D eigenvalue weighted by Crippen LogP contribution is 2.19. The third-order valence-corrected chi connectivity index (χ3v) is 5.03. The molecule has 0 aromatic heterocycles. The molecule has 0 amide bonds. The summed E-state index contributed by atoms with van der Waals surface area (Å²) in [7, 11) is -3.50. The summed E-state index contributed by atoms with van der Waals surface area (Å²) in [5.41, 5.74) is 0.696. The van der Waals surface area contributed by atoms with E-state index < -0.39 is 16.1 Å². The van der Waals surface area contributed by atoms with E-state index in [9.17, 15) is 13.5 Å². The van der Waals surface area contributed by atoms with Gasteiger partial charge in [-0.15, -0.1) is 0 Å². The molecule has 0 radical (unpaired) electrons. The van der Waals surface area contributed by atoms with Crippen LogP contribution >= 0.6 is 0 Å². The molecular weight excluding hydrogens is 278 g/mol. The van der Waals surface area contributed by atoms with E-state index in [1.54, 1.807) is 26.0 Å². The maximum Gasteiger partial charge on any atom is 0.243 e. The van der Waals surface area contributed by atoms with Crippen LogP contribution in [0.4, 0.5) is 0 Å². The van der Waals surface area contributed by atoms with Gasteiger partial charge in [0, 0.05) is 19.7 Å². The first-order valence-corrected chi connectivity index (χ1v) is 8.23. The van der Waals surface area contributed by atoms with Gasteiger partial charge in [0.1, 0.15) is 0 Å². The minimum atomic E-state index is -3.50. The molecule has 5 nitrogen and oxygen atoms in total. The maximum atomic E-state index is 12.4. The lowest BCUT2D eigenvalue weighted by Gasteiger charge is -2.20. The zero-order chi connectivity index (χ0) is 15.2. The topological polar surface area (TPSA) is 66.8 Å². The summed E-state index contributed by atoms with van der Waals surface area (Å²) in [6.07, 6.45) is -0.605. The monoisotopic (exact) mass is 301 g/mol. The van der Waals surface area contributed by atoms with E-state index in [0.29, 0.717) is 31.9 Å². The highest BCUT2D eigenvalue weighted by Gasteiger charge is 2.22. The number of aliphatic hydroxyl groups is 1. The number of benzene rings is 1. The number of hydrogen-bond donors (Lipinski definition) is 1. The summed E-state index contributed by atoms with van der Waals surface area (Å²) in [6, 6.07) is 6.32. The number of nitrogens with zero attached hydrogens (tertiary/aromatic N) is 1. The molecular formula is C14H23NO4S. The Hall–Kier alpha value is -0.950. The van der Waals surface area contributed by atoms with E-state index in [4.69, 9.17) is 4.74 Å². The largest absolute Gasteiger partial charge is 0.389 e. The Bertz CT molecular complexity index is 496. The summed E-state index contributed by atoms with van der Waals surface area (Å²) >= 11 is 0. The Balaban J connectivity index is 2.89. The van der Waals surface area contributed by atoms with Crippen LogP contribution in [0.5, 0.6) is 0 Å². The zero-order valence-electron chi connectivity index (χ0n) is 12.2. The van der Waals surface area contributed by atoms with Crippen LogP contribution in [0, 0.1) is 0 Å². The number of sulfonamides is 1. The van der Waals surface area contributed by atoms with Crippen molar-refractivity contribution in [3.05, 3.63) is 29.8 Å². The molecule has 0 bridgehead atoms. The van der Waals surface area contributed by atoms with Gasteiger partial charge in [-0.2, -0.15) is 4.31 Å². The van der Waals surface area contributed by atoms with Crippen molar-refractivity contribution in [2.45, 2.75) is 31.8 Å². The van der Waals surface area contributed by atoms with Crippen molar-refractivity contribution in [3.63, 3.8) is 0 Å². The lowest BCUT2D eigenvalue weighted by atomic mass is 10.1. The molecule has 6 heteroatoms. The van der Waals surface area contributed by atoms with Gasteiger partial charge in [-0.25, -0.2) is 8.42 Å². The normalized spacial score (nSPS) is 13.7. The van der Waals surface area contributed by atoms with Gasteiger partial charge < -0.3 is 9.84 Å². The summed E-state index contributed by atoms with van der Waals surface area (Å²) in [5.74, 6) is 0. The molecule has 0 aliphatic heterocycles. The van der Waals surface area contributed by atoms with Crippen LogP contribution < -0.4 is 0 Å². The molecule has 1 aromatic carbocycles. The quantitative estimate of drug-likeness (QED) is 0.743. The first-order chi connectivity index (χ1) is 9.43. The molecule has 1 rings (SSSR count). The van der Waals surface area contributed by atoms with Gasteiger partial charge in [-0.3, -0.25) is 0 Å². The van der Waals surface area contributed by atoms with Crippen molar-refractivity contribution >= 4 is 10.0 Å². The van der Waals surface area contributed by atoms with Crippen LogP contribution in [-0.2, 0) is 14.8 Å². The zero-order valence-corrected chi connectivity index (χ0v) is 13.1. The Kier molecular flexibility index (Phi) is 6.61. The molecule has 1 atom stereocenters. The second-order valence-electron chi connectivity index (χ2n) is 4.44. The molecule has 20 heavy (non-hydrogen) atoms. The van der Waals surface area contributed by atoms with Crippen LogP contribution in [0.1, 0.15) is 32.4 Å². The van der Waals surface area contributed by atoms with E-state index in [1.807, 2.05) is 6.92 Å². The van der Waals surface area contributed by atoms with Gasteiger partial charge in [0.05, 0.1) is 17.6 Å². The molecule has 1 aromatic rings. The van der Waals surface area contributed by atoms with Crippen molar-refractivity contribution in [2.24, 2.45) is 0 Å². The standard InChI is InChI=1S/C14H23NO4S/c1-4-15(10-11-19-5-2)20(17,18)14-8-6-13(7-9-14)12(3)16/h6-9,12,16H,4-5,10-11H2,1-3H3.